The molecule has 142 valence electrons. The van der Waals surface area contributed by atoms with Crippen LogP contribution >= 0.6 is 11.6 Å². The van der Waals surface area contributed by atoms with Crippen LogP contribution in [-0.4, -0.2) is 37.3 Å². The number of carbonyl (C=O) groups excluding carboxylic acids is 1. The van der Waals surface area contributed by atoms with Gasteiger partial charge in [0.2, 0.25) is 15.9 Å². The molecular formula is C20H21ClN2O3S. The van der Waals surface area contributed by atoms with Crippen molar-refractivity contribution < 1.29 is 13.2 Å². The van der Waals surface area contributed by atoms with Crippen LogP contribution in [0.4, 0.5) is 5.69 Å². The molecule has 0 spiro atoms. The number of nitrogens with zero attached hydrogens (tertiary/aromatic N) is 2. The van der Waals surface area contributed by atoms with E-state index in [0.29, 0.717) is 24.4 Å². The molecule has 0 unspecified atom stereocenters. The summed E-state index contributed by atoms with van der Waals surface area (Å²) in [4.78, 5) is 15.3. The highest BCUT2D eigenvalue weighted by Gasteiger charge is 2.43. The number of rotatable bonds is 3. The zero-order valence-corrected chi connectivity index (χ0v) is 16.6. The molecule has 2 aromatic rings. The van der Waals surface area contributed by atoms with Gasteiger partial charge in [-0.3, -0.25) is 4.79 Å². The number of fused-ring (bicyclic) bond motifs is 1. The van der Waals surface area contributed by atoms with Crippen LogP contribution in [0.3, 0.4) is 0 Å². The average molecular weight is 405 g/mol. The quantitative estimate of drug-likeness (QED) is 0.787. The molecule has 2 aliphatic rings. The summed E-state index contributed by atoms with van der Waals surface area (Å²) in [6.45, 7) is 2.36. The second-order valence-corrected chi connectivity index (χ2v) is 9.44. The fourth-order valence-corrected chi connectivity index (χ4v) is 5.86. The van der Waals surface area contributed by atoms with E-state index in [1.54, 1.807) is 17.0 Å². The lowest BCUT2D eigenvalue weighted by atomic mass is 10.1. The van der Waals surface area contributed by atoms with Crippen LogP contribution in [0, 0.1) is 0 Å². The molecular weight excluding hydrogens is 384 g/mol. The van der Waals surface area contributed by atoms with Crippen molar-refractivity contribution in [3.05, 3.63) is 59.1 Å². The molecule has 1 saturated heterocycles. The number of sulfonamides is 1. The van der Waals surface area contributed by atoms with Gasteiger partial charge in [-0.2, -0.15) is 4.31 Å². The van der Waals surface area contributed by atoms with Crippen LogP contribution in [0.25, 0.3) is 0 Å². The van der Waals surface area contributed by atoms with E-state index in [1.165, 1.54) is 16.4 Å². The van der Waals surface area contributed by atoms with E-state index < -0.39 is 16.1 Å². The van der Waals surface area contributed by atoms with Crippen molar-refractivity contribution in [2.24, 2.45) is 0 Å². The van der Waals surface area contributed by atoms with Crippen molar-refractivity contribution in [2.45, 2.75) is 43.2 Å². The molecule has 0 saturated carbocycles. The number of halogens is 1. The lowest BCUT2D eigenvalue weighted by Crippen LogP contribution is -2.49. The molecule has 27 heavy (non-hydrogen) atoms. The molecule has 0 aliphatic carbocycles. The van der Waals surface area contributed by atoms with Crippen LogP contribution in [0.1, 0.15) is 25.3 Å². The normalized spacial score (nSPS) is 22.8. The van der Waals surface area contributed by atoms with Gasteiger partial charge >= 0.3 is 0 Å². The van der Waals surface area contributed by atoms with Gasteiger partial charge in [0.15, 0.2) is 0 Å². The van der Waals surface area contributed by atoms with Crippen LogP contribution in [0.5, 0.6) is 0 Å². The predicted molar refractivity (Wildman–Crippen MR) is 105 cm³/mol. The third kappa shape index (κ3) is 3.16. The number of hydrogen-bond donors (Lipinski definition) is 0. The first-order valence-electron chi connectivity index (χ1n) is 9.08. The number of benzene rings is 2. The maximum absolute atomic E-state index is 13.4. The molecule has 0 N–H and O–H groups in total. The minimum absolute atomic E-state index is 0.0237. The summed E-state index contributed by atoms with van der Waals surface area (Å²) in [5, 5.41) is 0.477. The average Bonchev–Trinajstić information content (AvgIpc) is 3.26. The number of para-hydroxylation sites is 1. The van der Waals surface area contributed by atoms with Crippen molar-refractivity contribution in [3.63, 3.8) is 0 Å². The zero-order chi connectivity index (χ0) is 19.2. The van der Waals surface area contributed by atoms with E-state index in [2.05, 4.69) is 0 Å². The molecule has 7 heteroatoms. The number of anilines is 1. The molecule has 0 aromatic heterocycles. The van der Waals surface area contributed by atoms with Gasteiger partial charge in [-0.25, -0.2) is 8.42 Å². The molecule has 1 fully saturated rings. The Hall–Kier alpha value is -1.89. The van der Waals surface area contributed by atoms with Crippen molar-refractivity contribution in [3.8, 4) is 0 Å². The monoisotopic (exact) mass is 404 g/mol. The summed E-state index contributed by atoms with van der Waals surface area (Å²) in [7, 11) is -3.75. The van der Waals surface area contributed by atoms with Gasteiger partial charge in [-0.15, -0.1) is 0 Å². The Balaban J connectivity index is 1.65. The fourth-order valence-electron chi connectivity index (χ4n) is 4.08. The number of hydrogen-bond acceptors (Lipinski definition) is 3. The lowest BCUT2D eigenvalue weighted by Gasteiger charge is -2.30. The Kier molecular flexibility index (Phi) is 4.74. The second kappa shape index (κ2) is 6.93. The molecule has 0 bridgehead atoms. The minimum atomic E-state index is -3.75. The maximum atomic E-state index is 13.4. The van der Waals surface area contributed by atoms with Crippen LogP contribution in [0.15, 0.2) is 53.4 Å². The Bertz CT molecular complexity index is 975. The first kappa shape index (κ1) is 18.5. The Morgan fingerprint density at radius 1 is 1.11 bits per heavy atom. The van der Waals surface area contributed by atoms with Crippen LogP contribution in [0.2, 0.25) is 5.02 Å². The van der Waals surface area contributed by atoms with Gasteiger partial charge in [0, 0.05) is 23.3 Å². The standard InChI is InChI=1S/C20H21ClN2O3S/c1-14-13-15-5-2-3-6-18(15)23(14)20(24)19-7-4-12-22(19)27(25,26)17-10-8-16(21)9-11-17/h2-3,5-6,8-11,14,19H,4,7,12-13H2,1H3/t14-,19+/m1/s1. The number of amides is 1. The molecule has 4 rings (SSSR count). The van der Waals surface area contributed by atoms with E-state index in [4.69, 9.17) is 11.6 Å². The summed E-state index contributed by atoms with van der Waals surface area (Å²) < 4.78 is 27.6. The summed E-state index contributed by atoms with van der Waals surface area (Å²) in [5.41, 5.74) is 2.02. The highest BCUT2D eigenvalue weighted by molar-refractivity contribution is 7.89. The highest BCUT2D eigenvalue weighted by atomic mass is 35.5. The zero-order valence-electron chi connectivity index (χ0n) is 15.0. The summed E-state index contributed by atoms with van der Waals surface area (Å²) in [6, 6.07) is 13.3. The third-order valence-corrected chi connectivity index (χ3v) is 7.53. The van der Waals surface area contributed by atoms with Gasteiger partial charge in [-0.05, 0) is 62.1 Å². The number of carbonyl (C=O) groups is 1. The SMILES string of the molecule is C[C@@H]1Cc2ccccc2N1C(=O)[C@@H]1CCCN1S(=O)(=O)c1ccc(Cl)cc1. The van der Waals surface area contributed by atoms with Gasteiger partial charge in [0.1, 0.15) is 6.04 Å². The van der Waals surface area contributed by atoms with Crippen molar-refractivity contribution in [1.29, 1.82) is 0 Å². The van der Waals surface area contributed by atoms with Gasteiger partial charge in [0.05, 0.1) is 4.90 Å². The summed E-state index contributed by atoms with van der Waals surface area (Å²) in [6.07, 6.45) is 2.00. The summed E-state index contributed by atoms with van der Waals surface area (Å²) >= 11 is 5.88. The molecule has 2 aliphatic heterocycles. The van der Waals surface area contributed by atoms with E-state index in [9.17, 15) is 13.2 Å². The van der Waals surface area contributed by atoms with Gasteiger partial charge < -0.3 is 4.90 Å². The first-order chi connectivity index (χ1) is 12.9. The van der Waals surface area contributed by atoms with E-state index >= 15 is 0 Å². The van der Waals surface area contributed by atoms with E-state index in [1.807, 2.05) is 31.2 Å². The molecule has 2 heterocycles. The van der Waals surface area contributed by atoms with Crippen LogP contribution in [-0.2, 0) is 21.2 Å². The largest absolute Gasteiger partial charge is 0.308 e. The summed E-state index contributed by atoms with van der Waals surface area (Å²) in [5.74, 6) is -0.137. The molecule has 5 nitrogen and oxygen atoms in total. The van der Waals surface area contributed by atoms with Crippen molar-refractivity contribution in [2.75, 3.05) is 11.4 Å². The maximum Gasteiger partial charge on any atom is 0.245 e. The first-order valence-corrected chi connectivity index (χ1v) is 10.9. The molecule has 2 aromatic carbocycles. The Morgan fingerprint density at radius 2 is 1.81 bits per heavy atom. The van der Waals surface area contributed by atoms with E-state index in [0.717, 1.165) is 17.7 Å². The van der Waals surface area contributed by atoms with Crippen molar-refractivity contribution in [1.82, 2.24) is 4.31 Å². The Morgan fingerprint density at radius 3 is 2.56 bits per heavy atom. The van der Waals surface area contributed by atoms with Crippen LogP contribution < -0.4 is 4.90 Å². The minimum Gasteiger partial charge on any atom is -0.308 e. The molecule has 1 amide bonds. The highest BCUT2D eigenvalue weighted by Crippen LogP contribution is 2.35. The van der Waals surface area contributed by atoms with Gasteiger partial charge in [-0.1, -0.05) is 29.8 Å². The van der Waals surface area contributed by atoms with Crippen molar-refractivity contribution >= 4 is 33.2 Å². The second-order valence-electron chi connectivity index (χ2n) is 7.12. The lowest BCUT2D eigenvalue weighted by molar-refractivity contribution is -0.121. The predicted octanol–water partition coefficient (Wildman–Crippen LogP) is 3.47. The third-order valence-electron chi connectivity index (χ3n) is 5.35. The Labute approximate surface area is 164 Å². The molecule has 2 atom stereocenters. The van der Waals surface area contributed by atoms with Gasteiger partial charge in [0.25, 0.3) is 0 Å². The van der Waals surface area contributed by atoms with E-state index in [-0.39, 0.29) is 16.8 Å². The topological polar surface area (TPSA) is 57.7 Å². The fraction of sp³-hybridized carbons (Fsp3) is 0.350. The smallest absolute Gasteiger partial charge is 0.245 e. The molecule has 0 radical (unpaired) electrons.